The van der Waals surface area contributed by atoms with Crippen LogP contribution < -0.4 is 5.32 Å². The van der Waals surface area contributed by atoms with E-state index in [1.165, 1.54) is 47.6 Å². The summed E-state index contributed by atoms with van der Waals surface area (Å²) in [6, 6.07) is 96.2. The predicted octanol–water partition coefficient (Wildman–Crippen LogP) is 19.3. The summed E-state index contributed by atoms with van der Waals surface area (Å²) in [5.41, 5.74) is 16.2. The minimum atomic E-state index is -0.111. The molecular formula is C74H46N6S. The molecule has 0 radical (unpaired) electrons. The van der Waals surface area contributed by atoms with Crippen molar-refractivity contribution in [3.05, 3.63) is 278 Å². The SMILES string of the molecule is c1ccc(-c2cc3ccc4nc(-c5ccc6c(c5)c5cc(-c7ccc8c(c7)c7c9ccccc9ccc7n8C7=Nc8c(ccc9ccccc89)C(c8ccccc8)N7)ccc5n6-c5ccccc5)nc(-c5ccccc5)c4c3s2)cc1. The molecule has 0 saturated heterocycles. The topological polar surface area (TPSA) is 60.0 Å². The molecule has 0 saturated carbocycles. The minimum Gasteiger partial charge on any atom is -0.344 e. The highest BCUT2D eigenvalue weighted by Crippen LogP contribution is 2.45. The molecule has 0 aliphatic carbocycles. The van der Waals surface area contributed by atoms with Crippen LogP contribution in [0.5, 0.6) is 0 Å². The van der Waals surface area contributed by atoms with E-state index in [2.05, 4.69) is 281 Å². The highest BCUT2D eigenvalue weighted by molar-refractivity contribution is 7.23. The smallest absolute Gasteiger partial charge is 0.209 e. The van der Waals surface area contributed by atoms with E-state index in [1.807, 2.05) is 11.3 Å². The van der Waals surface area contributed by atoms with E-state index in [0.29, 0.717) is 5.82 Å². The van der Waals surface area contributed by atoms with E-state index >= 15 is 0 Å². The first-order chi connectivity index (χ1) is 40.1. The van der Waals surface area contributed by atoms with Crippen LogP contribution in [0.25, 0.3) is 136 Å². The molecule has 1 unspecified atom stereocenters. The molecule has 0 bridgehead atoms. The Bertz CT molecular complexity index is 5250. The van der Waals surface area contributed by atoms with Crippen molar-refractivity contribution >= 4 is 109 Å². The van der Waals surface area contributed by atoms with E-state index in [1.54, 1.807) is 0 Å². The van der Waals surface area contributed by atoms with E-state index in [4.69, 9.17) is 15.0 Å². The normalized spacial score (nSPS) is 13.5. The molecule has 378 valence electrons. The van der Waals surface area contributed by atoms with Gasteiger partial charge in [0, 0.05) is 64.3 Å². The van der Waals surface area contributed by atoms with Gasteiger partial charge in [-0.1, -0.05) is 194 Å². The van der Waals surface area contributed by atoms with Crippen molar-refractivity contribution in [2.24, 2.45) is 4.99 Å². The molecule has 5 heterocycles. The number of benzene rings is 12. The Morgan fingerprint density at radius 3 is 1.69 bits per heavy atom. The molecule has 0 fully saturated rings. The first-order valence-electron chi connectivity index (χ1n) is 27.5. The zero-order valence-corrected chi connectivity index (χ0v) is 44.4. The maximum atomic E-state index is 5.59. The van der Waals surface area contributed by atoms with Gasteiger partial charge in [0.15, 0.2) is 5.82 Å². The molecule has 17 rings (SSSR count). The number of thiophene rings is 1. The highest BCUT2D eigenvalue weighted by atomic mass is 32.1. The number of aromatic nitrogens is 4. The molecule has 16 aromatic rings. The van der Waals surface area contributed by atoms with Gasteiger partial charge in [-0.2, -0.15) is 0 Å². The van der Waals surface area contributed by atoms with Crippen LogP contribution in [0.15, 0.2) is 272 Å². The molecule has 1 N–H and O–H groups in total. The number of rotatable bonds is 6. The van der Waals surface area contributed by atoms with E-state index in [0.717, 1.165) is 105 Å². The number of fused-ring (bicyclic) bond motifs is 14. The molecule has 0 spiro atoms. The van der Waals surface area contributed by atoms with Gasteiger partial charge in [0.05, 0.1) is 45.0 Å². The quantitative estimate of drug-likeness (QED) is 0.181. The average molecular weight is 1050 g/mol. The van der Waals surface area contributed by atoms with Crippen LogP contribution in [0.4, 0.5) is 5.69 Å². The highest BCUT2D eigenvalue weighted by Gasteiger charge is 2.29. The first kappa shape index (κ1) is 45.5. The molecule has 1 aliphatic heterocycles. The van der Waals surface area contributed by atoms with Crippen LogP contribution in [-0.4, -0.2) is 25.1 Å². The Morgan fingerprint density at radius 2 is 0.951 bits per heavy atom. The molecule has 0 amide bonds. The van der Waals surface area contributed by atoms with Crippen LogP contribution in [0.1, 0.15) is 17.2 Å². The fourth-order valence-corrected chi connectivity index (χ4v) is 14.0. The standard InChI is InChI=1S/C74H46N6S/c1-5-19-47(20-6-1)66-44-52-30-36-61-68(72(52)81-66)70(49-23-9-3-10-24-49)76-73(75-61)53-34-39-63-59(43-53)58-41-50(32-37-62(58)79(63)54-25-11-4-12-26-54)51-33-38-64-60(42-51)67-55-27-15-13-17-45(55)31-40-65(67)80(64)74-77-69(48-21-7-2-8-22-48)57-35-29-46-18-14-16-28-56(46)71(57)78-74/h1-44,69H,(H,77,78). The molecule has 7 heteroatoms. The van der Waals surface area contributed by atoms with Gasteiger partial charge in [0.1, 0.15) is 0 Å². The lowest BCUT2D eigenvalue weighted by atomic mass is 9.93. The second kappa shape index (κ2) is 18.0. The fraction of sp³-hybridized carbons (Fsp3) is 0.0135. The summed E-state index contributed by atoms with van der Waals surface area (Å²) >= 11 is 1.81. The maximum absolute atomic E-state index is 5.59. The number of nitrogens with one attached hydrogen (secondary N) is 1. The van der Waals surface area contributed by atoms with Crippen LogP contribution in [0.3, 0.4) is 0 Å². The molecular weight excluding hydrogens is 1000 g/mol. The van der Waals surface area contributed by atoms with Gasteiger partial charge in [-0.25, -0.2) is 15.0 Å². The maximum Gasteiger partial charge on any atom is 0.209 e. The van der Waals surface area contributed by atoms with E-state index in [9.17, 15) is 0 Å². The molecule has 1 aliphatic rings. The second-order valence-corrected chi connectivity index (χ2v) is 22.2. The number of para-hydroxylation sites is 1. The Morgan fingerprint density at radius 1 is 0.383 bits per heavy atom. The van der Waals surface area contributed by atoms with Crippen molar-refractivity contribution < 1.29 is 0 Å². The van der Waals surface area contributed by atoms with Crippen LogP contribution in [0, 0.1) is 0 Å². The molecule has 1 atom stereocenters. The van der Waals surface area contributed by atoms with Crippen molar-refractivity contribution in [1.82, 2.24) is 24.4 Å². The summed E-state index contributed by atoms with van der Waals surface area (Å²) in [4.78, 5) is 17.7. The Kier molecular flexibility index (Phi) is 10.1. The van der Waals surface area contributed by atoms with E-state index < -0.39 is 0 Å². The Hall–Kier alpha value is -10.5. The number of hydrogen-bond donors (Lipinski definition) is 1. The van der Waals surface area contributed by atoms with Crippen molar-refractivity contribution in [3.63, 3.8) is 0 Å². The molecule has 81 heavy (non-hydrogen) atoms. The van der Waals surface area contributed by atoms with Crippen molar-refractivity contribution in [1.29, 1.82) is 0 Å². The first-order valence-corrected chi connectivity index (χ1v) is 28.3. The van der Waals surface area contributed by atoms with Gasteiger partial charge < -0.3 is 9.88 Å². The van der Waals surface area contributed by atoms with Crippen LogP contribution in [0.2, 0.25) is 0 Å². The largest absolute Gasteiger partial charge is 0.344 e. The van der Waals surface area contributed by atoms with Gasteiger partial charge in [-0.3, -0.25) is 4.57 Å². The fourth-order valence-electron chi connectivity index (χ4n) is 12.8. The summed E-state index contributed by atoms with van der Waals surface area (Å²) in [6.45, 7) is 0. The minimum absolute atomic E-state index is 0.111. The lowest BCUT2D eigenvalue weighted by Gasteiger charge is -2.29. The van der Waals surface area contributed by atoms with E-state index in [-0.39, 0.29) is 6.04 Å². The lowest BCUT2D eigenvalue weighted by molar-refractivity contribution is 0.733. The third kappa shape index (κ3) is 7.22. The zero-order chi connectivity index (χ0) is 53.1. The number of hydrogen-bond acceptors (Lipinski definition) is 5. The van der Waals surface area contributed by atoms with Gasteiger partial charge in [0.25, 0.3) is 0 Å². The summed E-state index contributed by atoms with van der Waals surface area (Å²) < 4.78 is 5.93. The summed E-state index contributed by atoms with van der Waals surface area (Å²) in [5, 5.41) is 15.6. The van der Waals surface area contributed by atoms with Gasteiger partial charge in [-0.15, -0.1) is 11.3 Å². The monoisotopic (exact) mass is 1050 g/mol. The molecule has 4 aromatic heterocycles. The van der Waals surface area contributed by atoms with Gasteiger partial charge in [0.2, 0.25) is 5.96 Å². The summed E-state index contributed by atoms with van der Waals surface area (Å²) in [7, 11) is 0. The Labute approximate surface area is 469 Å². The van der Waals surface area contributed by atoms with Crippen LogP contribution in [-0.2, 0) is 0 Å². The number of aliphatic imine (C=N–C) groups is 1. The number of nitrogens with zero attached hydrogens (tertiary/aromatic N) is 5. The molecule has 12 aromatic carbocycles. The molecule has 6 nitrogen and oxygen atoms in total. The second-order valence-electron chi connectivity index (χ2n) is 21.1. The average Bonchev–Trinajstić information content (AvgIpc) is 4.40. The Balaban J connectivity index is 0.856. The predicted molar refractivity (Wildman–Crippen MR) is 339 cm³/mol. The van der Waals surface area contributed by atoms with Crippen LogP contribution >= 0.6 is 11.3 Å². The summed E-state index contributed by atoms with van der Waals surface area (Å²) in [6.07, 6.45) is 0. The van der Waals surface area contributed by atoms with Crippen molar-refractivity contribution in [2.75, 3.05) is 0 Å². The van der Waals surface area contributed by atoms with Gasteiger partial charge >= 0.3 is 0 Å². The zero-order valence-electron chi connectivity index (χ0n) is 43.6. The van der Waals surface area contributed by atoms with Crippen molar-refractivity contribution in [3.8, 4) is 49.9 Å². The van der Waals surface area contributed by atoms with Crippen molar-refractivity contribution in [2.45, 2.75) is 6.04 Å². The third-order valence-corrected chi connectivity index (χ3v) is 17.8. The lowest BCUT2D eigenvalue weighted by Crippen LogP contribution is -2.36. The van der Waals surface area contributed by atoms with Gasteiger partial charge in [-0.05, 0) is 117 Å². The third-order valence-electron chi connectivity index (χ3n) is 16.6. The summed E-state index contributed by atoms with van der Waals surface area (Å²) in [5.74, 6) is 1.49.